The van der Waals surface area contributed by atoms with E-state index in [1.165, 1.54) is 18.5 Å². The molecule has 1 unspecified atom stereocenters. The van der Waals surface area contributed by atoms with E-state index in [1.807, 2.05) is 19.1 Å². The lowest BCUT2D eigenvalue weighted by molar-refractivity contribution is -0.126. The molecule has 0 radical (unpaired) electrons. The molecule has 3 rings (SSSR count). The standard InChI is InChI=1S/C20H29N3O2/c1-3-10-21-20(25)16-13-19(24)23(14-16)18-6-4-17(5-7-18)22-11-8-15(2)9-12-22/h4-7,15-16H,3,8-14H2,1-2H3,(H,21,25). The molecule has 1 atom stereocenters. The lowest BCUT2D eigenvalue weighted by Crippen LogP contribution is -2.33. The van der Waals surface area contributed by atoms with Gasteiger partial charge in [0.25, 0.3) is 0 Å². The van der Waals surface area contributed by atoms with Crippen LogP contribution < -0.4 is 15.1 Å². The smallest absolute Gasteiger partial charge is 0.227 e. The highest BCUT2D eigenvalue weighted by molar-refractivity contribution is 6.00. The molecule has 136 valence electrons. The monoisotopic (exact) mass is 343 g/mol. The van der Waals surface area contributed by atoms with Crippen LogP contribution in [0.1, 0.15) is 39.5 Å². The second-order valence-corrected chi connectivity index (χ2v) is 7.38. The van der Waals surface area contributed by atoms with Crippen LogP contribution in [0.4, 0.5) is 11.4 Å². The topological polar surface area (TPSA) is 52.7 Å². The summed E-state index contributed by atoms with van der Waals surface area (Å²) in [5, 5.41) is 2.90. The Hall–Kier alpha value is -2.04. The van der Waals surface area contributed by atoms with Crippen molar-refractivity contribution < 1.29 is 9.59 Å². The number of piperidine rings is 1. The van der Waals surface area contributed by atoms with Crippen molar-refractivity contribution in [2.45, 2.75) is 39.5 Å². The van der Waals surface area contributed by atoms with Gasteiger partial charge >= 0.3 is 0 Å². The van der Waals surface area contributed by atoms with E-state index in [4.69, 9.17) is 0 Å². The summed E-state index contributed by atoms with van der Waals surface area (Å²) in [5.41, 5.74) is 2.12. The van der Waals surface area contributed by atoms with Crippen LogP contribution in [-0.2, 0) is 9.59 Å². The molecule has 0 aliphatic carbocycles. The number of hydrogen-bond donors (Lipinski definition) is 1. The van der Waals surface area contributed by atoms with Gasteiger partial charge in [0.2, 0.25) is 11.8 Å². The first-order chi connectivity index (χ1) is 12.1. The summed E-state index contributed by atoms with van der Waals surface area (Å²) in [5.74, 6) is 0.615. The van der Waals surface area contributed by atoms with Crippen molar-refractivity contribution in [1.29, 1.82) is 0 Å². The van der Waals surface area contributed by atoms with Crippen LogP contribution in [0.2, 0.25) is 0 Å². The number of carbonyl (C=O) groups is 2. The van der Waals surface area contributed by atoms with Gasteiger partial charge in [0.05, 0.1) is 5.92 Å². The number of nitrogens with zero attached hydrogens (tertiary/aromatic N) is 2. The Morgan fingerprint density at radius 2 is 1.80 bits per heavy atom. The van der Waals surface area contributed by atoms with Gasteiger partial charge in [-0.1, -0.05) is 13.8 Å². The second kappa shape index (κ2) is 7.89. The molecule has 1 aromatic carbocycles. The van der Waals surface area contributed by atoms with E-state index in [-0.39, 0.29) is 17.7 Å². The van der Waals surface area contributed by atoms with Gasteiger partial charge in [-0.25, -0.2) is 0 Å². The number of hydrogen-bond acceptors (Lipinski definition) is 3. The Morgan fingerprint density at radius 1 is 1.16 bits per heavy atom. The molecule has 1 aromatic rings. The summed E-state index contributed by atoms with van der Waals surface area (Å²) in [7, 11) is 0. The quantitative estimate of drug-likeness (QED) is 0.894. The normalized spacial score (nSPS) is 21.7. The first-order valence-corrected chi connectivity index (χ1v) is 9.51. The van der Waals surface area contributed by atoms with Crippen LogP contribution in [0.5, 0.6) is 0 Å². The number of benzene rings is 1. The van der Waals surface area contributed by atoms with Crippen LogP contribution >= 0.6 is 0 Å². The van der Waals surface area contributed by atoms with Crippen molar-refractivity contribution in [1.82, 2.24) is 5.32 Å². The van der Waals surface area contributed by atoms with Gasteiger partial charge in [-0.3, -0.25) is 9.59 Å². The molecular formula is C20H29N3O2. The minimum Gasteiger partial charge on any atom is -0.372 e. The molecule has 2 heterocycles. The average Bonchev–Trinajstić information content (AvgIpc) is 3.02. The van der Waals surface area contributed by atoms with E-state index >= 15 is 0 Å². The maximum absolute atomic E-state index is 12.3. The molecule has 2 aliphatic rings. The number of anilines is 2. The van der Waals surface area contributed by atoms with Crippen molar-refractivity contribution in [3.05, 3.63) is 24.3 Å². The first kappa shape index (κ1) is 17.8. The van der Waals surface area contributed by atoms with E-state index < -0.39 is 0 Å². The van der Waals surface area contributed by atoms with Gasteiger partial charge in [0.15, 0.2) is 0 Å². The third-order valence-corrected chi connectivity index (χ3v) is 5.36. The molecule has 0 saturated carbocycles. The van der Waals surface area contributed by atoms with E-state index in [9.17, 15) is 9.59 Å². The molecule has 2 amide bonds. The Labute approximate surface area is 150 Å². The van der Waals surface area contributed by atoms with Gasteiger partial charge in [-0.2, -0.15) is 0 Å². The largest absolute Gasteiger partial charge is 0.372 e. The van der Waals surface area contributed by atoms with Gasteiger partial charge in [0.1, 0.15) is 0 Å². The highest BCUT2D eigenvalue weighted by atomic mass is 16.2. The molecule has 2 fully saturated rings. The molecular weight excluding hydrogens is 314 g/mol. The van der Waals surface area contributed by atoms with Gasteiger partial charge < -0.3 is 15.1 Å². The summed E-state index contributed by atoms with van der Waals surface area (Å²) in [6.45, 7) is 7.69. The Kier molecular flexibility index (Phi) is 5.61. The predicted molar refractivity (Wildman–Crippen MR) is 101 cm³/mol. The zero-order chi connectivity index (χ0) is 17.8. The summed E-state index contributed by atoms with van der Waals surface area (Å²) in [4.78, 5) is 28.6. The molecule has 5 heteroatoms. The second-order valence-electron chi connectivity index (χ2n) is 7.38. The number of amides is 2. The maximum atomic E-state index is 12.3. The molecule has 2 saturated heterocycles. The lowest BCUT2D eigenvalue weighted by Gasteiger charge is -2.32. The van der Waals surface area contributed by atoms with Crippen LogP contribution in [0.25, 0.3) is 0 Å². The molecule has 0 bridgehead atoms. The van der Waals surface area contributed by atoms with Crippen molar-refractivity contribution >= 4 is 23.2 Å². The van der Waals surface area contributed by atoms with E-state index in [0.717, 1.165) is 31.1 Å². The molecule has 5 nitrogen and oxygen atoms in total. The summed E-state index contributed by atoms with van der Waals surface area (Å²) in [6, 6.07) is 8.22. The van der Waals surface area contributed by atoms with Crippen molar-refractivity contribution in [2.24, 2.45) is 11.8 Å². The number of rotatable bonds is 5. The number of nitrogens with one attached hydrogen (secondary N) is 1. The molecule has 1 N–H and O–H groups in total. The minimum atomic E-state index is -0.234. The Morgan fingerprint density at radius 3 is 2.44 bits per heavy atom. The van der Waals surface area contributed by atoms with Gasteiger partial charge in [-0.15, -0.1) is 0 Å². The third kappa shape index (κ3) is 4.14. The van der Waals surface area contributed by atoms with Crippen LogP contribution in [0.3, 0.4) is 0 Å². The summed E-state index contributed by atoms with van der Waals surface area (Å²) < 4.78 is 0. The third-order valence-electron chi connectivity index (χ3n) is 5.36. The number of carbonyl (C=O) groups excluding carboxylic acids is 2. The van der Waals surface area contributed by atoms with Crippen molar-refractivity contribution in [3.8, 4) is 0 Å². The first-order valence-electron chi connectivity index (χ1n) is 9.51. The van der Waals surface area contributed by atoms with E-state index in [1.54, 1.807) is 4.90 Å². The Balaban J connectivity index is 1.62. The lowest BCUT2D eigenvalue weighted by atomic mass is 9.99. The van der Waals surface area contributed by atoms with Crippen molar-refractivity contribution in [3.63, 3.8) is 0 Å². The molecule has 0 spiro atoms. The SMILES string of the molecule is CCCNC(=O)C1CC(=O)N(c2ccc(N3CCC(C)CC3)cc2)C1. The fourth-order valence-corrected chi connectivity index (χ4v) is 3.64. The minimum absolute atomic E-state index is 0.00300. The molecule has 25 heavy (non-hydrogen) atoms. The highest BCUT2D eigenvalue weighted by Gasteiger charge is 2.34. The predicted octanol–water partition coefficient (Wildman–Crippen LogP) is 2.80. The summed E-state index contributed by atoms with van der Waals surface area (Å²) in [6.07, 6.45) is 3.69. The van der Waals surface area contributed by atoms with Crippen LogP contribution in [0.15, 0.2) is 24.3 Å². The van der Waals surface area contributed by atoms with E-state index in [0.29, 0.717) is 19.5 Å². The highest BCUT2D eigenvalue weighted by Crippen LogP contribution is 2.29. The maximum Gasteiger partial charge on any atom is 0.227 e. The average molecular weight is 343 g/mol. The zero-order valence-electron chi connectivity index (χ0n) is 15.3. The Bertz CT molecular complexity index is 606. The fraction of sp³-hybridized carbons (Fsp3) is 0.600. The molecule has 0 aromatic heterocycles. The molecule has 2 aliphatic heterocycles. The van der Waals surface area contributed by atoms with Gasteiger partial charge in [-0.05, 0) is 49.4 Å². The zero-order valence-corrected chi connectivity index (χ0v) is 15.3. The van der Waals surface area contributed by atoms with Crippen LogP contribution in [0, 0.1) is 11.8 Å². The fourth-order valence-electron chi connectivity index (χ4n) is 3.64. The van der Waals surface area contributed by atoms with Crippen LogP contribution in [-0.4, -0.2) is 38.0 Å². The summed E-state index contributed by atoms with van der Waals surface area (Å²) >= 11 is 0. The van der Waals surface area contributed by atoms with Gasteiger partial charge in [0, 0.05) is 44.0 Å². The van der Waals surface area contributed by atoms with E-state index in [2.05, 4.69) is 29.3 Å². The van der Waals surface area contributed by atoms with Crippen molar-refractivity contribution in [2.75, 3.05) is 36.0 Å².